The molecule has 0 fully saturated rings. The van der Waals surface area contributed by atoms with Gasteiger partial charge >= 0.3 is 0 Å². The molecule has 0 saturated heterocycles. The summed E-state index contributed by atoms with van der Waals surface area (Å²) in [5.41, 5.74) is 2.81. The SMILES string of the molecule is CCCCCCCCCCCCCOc1nc2cscc2nc1C. The van der Waals surface area contributed by atoms with Crippen molar-refractivity contribution >= 4 is 22.4 Å². The standard InChI is InChI=1S/C20H32N2OS/c1-3-4-5-6-7-8-9-10-11-12-13-14-23-20-17(2)21-18-15-24-16-19(18)22-20/h15-16H,3-14H2,1-2H3. The Morgan fingerprint density at radius 2 is 1.33 bits per heavy atom. The Hall–Kier alpha value is -1.16. The maximum Gasteiger partial charge on any atom is 0.235 e. The van der Waals surface area contributed by atoms with Crippen LogP contribution in [0.15, 0.2) is 10.8 Å². The molecule has 0 radical (unpaired) electrons. The normalized spacial score (nSPS) is 11.2. The molecule has 0 aliphatic carbocycles. The van der Waals surface area contributed by atoms with Gasteiger partial charge in [-0.05, 0) is 13.3 Å². The molecule has 0 bridgehead atoms. The van der Waals surface area contributed by atoms with E-state index in [1.165, 1.54) is 64.2 Å². The molecule has 0 unspecified atom stereocenters. The summed E-state index contributed by atoms with van der Waals surface area (Å²) in [6.45, 7) is 5.00. The Morgan fingerprint density at radius 3 is 1.96 bits per heavy atom. The topological polar surface area (TPSA) is 35.0 Å². The van der Waals surface area contributed by atoms with E-state index in [2.05, 4.69) is 16.9 Å². The van der Waals surface area contributed by atoms with E-state index >= 15 is 0 Å². The lowest BCUT2D eigenvalue weighted by Crippen LogP contribution is -2.02. The molecule has 0 atom stereocenters. The number of nitrogens with zero attached hydrogens (tertiary/aromatic N) is 2. The zero-order valence-corrected chi connectivity index (χ0v) is 16.2. The van der Waals surface area contributed by atoms with Gasteiger partial charge in [0.15, 0.2) is 0 Å². The van der Waals surface area contributed by atoms with Gasteiger partial charge in [0.05, 0.1) is 12.1 Å². The Labute approximate surface area is 150 Å². The first-order chi connectivity index (χ1) is 11.8. The molecule has 24 heavy (non-hydrogen) atoms. The monoisotopic (exact) mass is 348 g/mol. The van der Waals surface area contributed by atoms with Gasteiger partial charge in [0.1, 0.15) is 11.2 Å². The van der Waals surface area contributed by atoms with Crippen LogP contribution in [0.2, 0.25) is 0 Å². The predicted molar refractivity (Wildman–Crippen MR) is 104 cm³/mol. The minimum absolute atomic E-state index is 0.702. The van der Waals surface area contributed by atoms with Gasteiger partial charge in [-0.1, -0.05) is 71.1 Å². The molecule has 4 heteroatoms. The van der Waals surface area contributed by atoms with E-state index < -0.39 is 0 Å². The highest BCUT2D eigenvalue weighted by molar-refractivity contribution is 7.09. The Kier molecular flexibility index (Phi) is 9.11. The lowest BCUT2D eigenvalue weighted by molar-refractivity contribution is 0.291. The van der Waals surface area contributed by atoms with Crippen molar-refractivity contribution in [2.24, 2.45) is 0 Å². The van der Waals surface area contributed by atoms with E-state index in [9.17, 15) is 0 Å². The fourth-order valence-electron chi connectivity index (χ4n) is 2.94. The average Bonchev–Trinajstić information content (AvgIpc) is 3.03. The van der Waals surface area contributed by atoms with Gasteiger partial charge in [0, 0.05) is 10.8 Å². The summed E-state index contributed by atoms with van der Waals surface area (Å²) >= 11 is 1.64. The van der Waals surface area contributed by atoms with E-state index in [-0.39, 0.29) is 0 Å². The third kappa shape index (κ3) is 6.76. The molecular formula is C20H32N2OS. The van der Waals surface area contributed by atoms with E-state index in [1.54, 1.807) is 11.3 Å². The van der Waals surface area contributed by atoms with Crippen molar-refractivity contribution in [3.8, 4) is 5.88 Å². The summed E-state index contributed by atoms with van der Waals surface area (Å²) in [7, 11) is 0. The molecule has 3 nitrogen and oxygen atoms in total. The van der Waals surface area contributed by atoms with Crippen LogP contribution < -0.4 is 4.74 Å². The maximum atomic E-state index is 5.83. The fourth-order valence-corrected chi connectivity index (χ4v) is 3.61. The number of aromatic nitrogens is 2. The molecule has 0 amide bonds. The van der Waals surface area contributed by atoms with Gasteiger partial charge in [0.2, 0.25) is 5.88 Å². The Balaban J connectivity index is 1.48. The summed E-state index contributed by atoms with van der Waals surface area (Å²) in [4.78, 5) is 9.08. The molecule has 0 aromatic carbocycles. The van der Waals surface area contributed by atoms with E-state index in [1.807, 2.05) is 17.7 Å². The number of aryl methyl sites for hydroxylation is 1. The third-order valence-electron chi connectivity index (χ3n) is 4.43. The molecule has 0 spiro atoms. The number of hydrogen-bond acceptors (Lipinski definition) is 4. The fraction of sp³-hybridized carbons (Fsp3) is 0.700. The Morgan fingerprint density at radius 1 is 0.792 bits per heavy atom. The highest BCUT2D eigenvalue weighted by Gasteiger charge is 2.06. The first-order valence-corrected chi connectivity index (χ1v) is 10.6. The van der Waals surface area contributed by atoms with Crippen LogP contribution in [0.25, 0.3) is 11.0 Å². The summed E-state index contributed by atoms with van der Waals surface area (Å²) in [6, 6.07) is 0. The minimum Gasteiger partial charge on any atom is -0.476 e. The van der Waals surface area contributed by atoms with Crippen LogP contribution >= 0.6 is 11.3 Å². The van der Waals surface area contributed by atoms with Crippen LogP contribution in [-0.4, -0.2) is 16.6 Å². The largest absolute Gasteiger partial charge is 0.476 e. The number of hydrogen-bond donors (Lipinski definition) is 0. The first-order valence-electron chi connectivity index (χ1n) is 9.64. The molecule has 0 aliphatic rings. The summed E-state index contributed by atoms with van der Waals surface area (Å²) in [5, 5.41) is 4.06. The van der Waals surface area contributed by atoms with Crippen molar-refractivity contribution in [1.82, 2.24) is 9.97 Å². The van der Waals surface area contributed by atoms with E-state index in [0.29, 0.717) is 5.88 Å². The van der Waals surface area contributed by atoms with Crippen molar-refractivity contribution in [3.05, 3.63) is 16.5 Å². The van der Waals surface area contributed by atoms with Crippen molar-refractivity contribution in [3.63, 3.8) is 0 Å². The first kappa shape index (κ1) is 19.2. The molecule has 2 rings (SSSR count). The molecule has 2 aromatic rings. The zero-order chi connectivity index (χ0) is 17.0. The maximum absolute atomic E-state index is 5.83. The molecule has 134 valence electrons. The van der Waals surface area contributed by atoms with Crippen molar-refractivity contribution in [2.75, 3.05) is 6.61 Å². The summed E-state index contributed by atoms with van der Waals surface area (Å²) in [6.07, 6.45) is 14.9. The van der Waals surface area contributed by atoms with Crippen LogP contribution in [0.3, 0.4) is 0 Å². The molecule has 0 N–H and O–H groups in total. The lowest BCUT2D eigenvalue weighted by atomic mass is 10.1. The van der Waals surface area contributed by atoms with Gasteiger partial charge in [0.25, 0.3) is 0 Å². The molecular weight excluding hydrogens is 316 g/mol. The second-order valence-electron chi connectivity index (χ2n) is 6.64. The molecule has 0 saturated carbocycles. The number of fused-ring (bicyclic) bond motifs is 1. The smallest absolute Gasteiger partial charge is 0.235 e. The summed E-state index contributed by atoms with van der Waals surface area (Å²) in [5.74, 6) is 0.702. The second kappa shape index (κ2) is 11.4. The summed E-state index contributed by atoms with van der Waals surface area (Å²) < 4.78 is 5.83. The van der Waals surface area contributed by atoms with Gasteiger partial charge < -0.3 is 4.74 Å². The quantitative estimate of drug-likeness (QED) is 0.378. The number of ether oxygens (including phenoxy) is 1. The average molecular weight is 349 g/mol. The van der Waals surface area contributed by atoms with Crippen LogP contribution in [-0.2, 0) is 0 Å². The zero-order valence-electron chi connectivity index (χ0n) is 15.4. The van der Waals surface area contributed by atoms with Gasteiger partial charge in [-0.15, -0.1) is 11.3 Å². The number of rotatable bonds is 13. The van der Waals surface area contributed by atoms with Crippen molar-refractivity contribution < 1.29 is 4.74 Å². The highest BCUT2D eigenvalue weighted by Crippen LogP contribution is 2.21. The van der Waals surface area contributed by atoms with Crippen LogP contribution in [0.1, 0.15) is 83.2 Å². The minimum atomic E-state index is 0.702. The molecule has 2 heterocycles. The van der Waals surface area contributed by atoms with Gasteiger partial charge in [-0.3, -0.25) is 0 Å². The third-order valence-corrected chi connectivity index (χ3v) is 5.15. The number of thiophene rings is 1. The van der Waals surface area contributed by atoms with Gasteiger partial charge in [-0.2, -0.15) is 0 Å². The van der Waals surface area contributed by atoms with E-state index in [4.69, 9.17) is 4.74 Å². The molecule has 2 aromatic heterocycles. The van der Waals surface area contributed by atoms with Crippen LogP contribution in [0, 0.1) is 6.92 Å². The van der Waals surface area contributed by atoms with Gasteiger partial charge in [-0.25, -0.2) is 9.97 Å². The predicted octanol–water partition coefficient (Wildman–Crippen LogP) is 6.69. The van der Waals surface area contributed by atoms with Crippen molar-refractivity contribution in [2.45, 2.75) is 84.5 Å². The lowest BCUT2D eigenvalue weighted by Gasteiger charge is -2.07. The molecule has 0 aliphatic heterocycles. The van der Waals surface area contributed by atoms with E-state index in [0.717, 1.165) is 29.8 Å². The number of unbranched alkanes of at least 4 members (excludes halogenated alkanes) is 10. The van der Waals surface area contributed by atoms with Crippen molar-refractivity contribution in [1.29, 1.82) is 0 Å². The highest BCUT2D eigenvalue weighted by atomic mass is 32.1. The van der Waals surface area contributed by atoms with Crippen LogP contribution in [0.5, 0.6) is 5.88 Å². The van der Waals surface area contributed by atoms with Crippen LogP contribution in [0.4, 0.5) is 0 Å². The second-order valence-corrected chi connectivity index (χ2v) is 7.38. The Bertz CT molecular complexity index is 582.